The van der Waals surface area contributed by atoms with Crippen LogP contribution in [0.25, 0.3) is 0 Å². The van der Waals surface area contributed by atoms with E-state index in [2.05, 4.69) is 20.6 Å². The van der Waals surface area contributed by atoms with Gasteiger partial charge in [0.05, 0.1) is 42.9 Å². The summed E-state index contributed by atoms with van der Waals surface area (Å²) < 4.78 is 23.7. The Morgan fingerprint density at radius 1 is 1.24 bits per heavy atom. The number of carbonyl (C=O) groups is 2. The molecule has 5 rings (SSSR count). The molecule has 0 saturated carbocycles. The average molecular weight is 454 g/mol. The highest BCUT2D eigenvalue weighted by Crippen LogP contribution is 2.31. The van der Waals surface area contributed by atoms with Crippen LogP contribution < -0.4 is 9.80 Å². The summed E-state index contributed by atoms with van der Waals surface area (Å²) in [6, 6.07) is 4.93. The van der Waals surface area contributed by atoms with Gasteiger partial charge in [-0.25, -0.2) is 18.5 Å². The van der Waals surface area contributed by atoms with E-state index in [0.717, 1.165) is 12.8 Å². The second-order valence-corrected chi connectivity index (χ2v) is 8.24. The summed E-state index contributed by atoms with van der Waals surface area (Å²) in [5, 5.41) is 15.6. The standard InChI is InChI=1S/C21H23FN8O3/c1-14(31)19-13-30(26-24-19)15-4-7-27(8-5-15)20-3-2-16(10-18(20)22)29-12-17(33-21(29)32)11-28-9-6-23-25-28/h2-3,6,9-10,13,15,17H,4-5,7-8,11-12H2,1H3/t17-/m0/s1. The molecule has 4 heterocycles. The van der Waals surface area contributed by atoms with Crippen LogP contribution in [0.5, 0.6) is 0 Å². The lowest BCUT2D eigenvalue weighted by Crippen LogP contribution is -2.35. The molecule has 12 heteroatoms. The molecule has 2 aliphatic heterocycles. The minimum Gasteiger partial charge on any atom is -0.442 e. The van der Waals surface area contributed by atoms with Crippen molar-refractivity contribution in [2.45, 2.75) is 38.5 Å². The zero-order valence-electron chi connectivity index (χ0n) is 18.0. The number of ketones is 1. The Morgan fingerprint density at radius 2 is 2.06 bits per heavy atom. The summed E-state index contributed by atoms with van der Waals surface area (Å²) in [7, 11) is 0. The van der Waals surface area contributed by atoms with Gasteiger partial charge in [0.2, 0.25) is 0 Å². The second kappa shape index (κ2) is 8.60. The number of nitrogens with zero attached hydrogens (tertiary/aromatic N) is 8. The Bertz CT molecular complexity index is 1160. The number of amides is 1. The maximum atomic E-state index is 15.0. The second-order valence-electron chi connectivity index (χ2n) is 8.24. The molecule has 0 radical (unpaired) electrons. The van der Waals surface area contributed by atoms with E-state index in [1.165, 1.54) is 17.9 Å². The van der Waals surface area contributed by atoms with E-state index in [1.807, 2.05) is 4.90 Å². The van der Waals surface area contributed by atoms with Gasteiger partial charge in [-0.2, -0.15) is 0 Å². The highest BCUT2D eigenvalue weighted by atomic mass is 19.1. The molecule has 2 saturated heterocycles. The maximum absolute atomic E-state index is 15.0. The Kier molecular flexibility index (Phi) is 5.48. The number of hydrogen-bond donors (Lipinski definition) is 0. The molecule has 33 heavy (non-hydrogen) atoms. The Morgan fingerprint density at radius 3 is 2.73 bits per heavy atom. The van der Waals surface area contributed by atoms with Crippen LogP contribution >= 0.6 is 0 Å². The number of cyclic esters (lactones) is 1. The average Bonchev–Trinajstić information content (AvgIpc) is 3.56. The molecule has 0 bridgehead atoms. The highest BCUT2D eigenvalue weighted by molar-refractivity contribution is 5.91. The van der Waals surface area contributed by atoms with Gasteiger partial charge in [0.25, 0.3) is 0 Å². The molecule has 11 nitrogen and oxygen atoms in total. The largest absolute Gasteiger partial charge is 0.442 e. The lowest BCUT2D eigenvalue weighted by molar-refractivity contribution is 0.101. The van der Waals surface area contributed by atoms with Crippen molar-refractivity contribution in [1.82, 2.24) is 30.0 Å². The molecular formula is C21H23FN8O3. The zero-order chi connectivity index (χ0) is 22.9. The van der Waals surface area contributed by atoms with Crippen LogP contribution in [0.3, 0.4) is 0 Å². The van der Waals surface area contributed by atoms with Crippen molar-refractivity contribution in [2.75, 3.05) is 29.4 Å². The fraction of sp³-hybridized carbons (Fsp3) is 0.429. The van der Waals surface area contributed by atoms with Gasteiger partial charge in [-0.05, 0) is 31.0 Å². The van der Waals surface area contributed by atoms with Crippen LogP contribution in [0.2, 0.25) is 0 Å². The van der Waals surface area contributed by atoms with E-state index in [4.69, 9.17) is 4.74 Å². The van der Waals surface area contributed by atoms with E-state index in [0.29, 0.717) is 43.2 Å². The third-order valence-electron chi connectivity index (χ3n) is 6.03. The monoisotopic (exact) mass is 454 g/mol. The van der Waals surface area contributed by atoms with E-state index < -0.39 is 11.9 Å². The number of halogens is 1. The van der Waals surface area contributed by atoms with Crippen molar-refractivity contribution in [3.8, 4) is 0 Å². The number of hydrogen-bond acceptors (Lipinski definition) is 8. The molecule has 0 aliphatic carbocycles. The molecule has 1 amide bonds. The van der Waals surface area contributed by atoms with E-state index in [1.54, 1.807) is 40.1 Å². The first-order valence-corrected chi connectivity index (χ1v) is 10.8. The number of piperidine rings is 1. The van der Waals surface area contributed by atoms with Crippen molar-refractivity contribution in [1.29, 1.82) is 0 Å². The summed E-state index contributed by atoms with van der Waals surface area (Å²) in [5.41, 5.74) is 1.30. The van der Waals surface area contributed by atoms with Gasteiger partial charge in [0.15, 0.2) is 5.78 Å². The van der Waals surface area contributed by atoms with Crippen LogP contribution in [0.15, 0.2) is 36.8 Å². The minimum absolute atomic E-state index is 0.116. The molecule has 2 aromatic heterocycles. The summed E-state index contributed by atoms with van der Waals surface area (Å²) in [6.07, 6.45) is 5.53. The van der Waals surface area contributed by atoms with Crippen LogP contribution in [0.4, 0.5) is 20.6 Å². The van der Waals surface area contributed by atoms with Crippen LogP contribution in [-0.4, -0.2) is 67.6 Å². The molecule has 0 N–H and O–H groups in total. The van der Waals surface area contributed by atoms with Crippen molar-refractivity contribution in [2.24, 2.45) is 0 Å². The van der Waals surface area contributed by atoms with E-state index in [-0.39, 0.29) is 17.9 Å². The molecule has 1 atom stereocenters. The van der Waals surface area contributed by atoms with Gasteiger partial charge in [-0.1, -0.05) is 10.4 Å². The molecule has 2 aliphatic rings. The van der Waals surface area contributed by atoms with Gasteiger partial charge in [-0.15, -0.1) is 10.2 Å². The van der Waals surface area contributed by atoms with Crippen LogP contribution in [0, 0.1) is 5.82 Å². The predicted octanol–water partition coefficient (Wildman–Crippen LogP) is 2.08. The van der Waals surface area contributed by atoms with Crippen molar-refractivity contribution < 1.29 is 18.7 Å². The fourth-order valence-corrected chi connectivity index (χ4v) is 4.27. The fourth-order valence-electron chi connectivity index (χ4n) is 4.27. The lowest BCUT2D eigenvalue weighted by atomic mass is 10.0. The number of rotatable bonds is 6. The number of ether oxygens (including phenoxy) is 1. The Hall–Kier alpha value is -3.83. The SMILES string of the molecule is CC(=O)c1cn(C2CCN(c3ccc(N4C[C@H](Cn5ccnn5)OC4=O)cc3F)CC2)nn1. The predicted molar refractivity (Wildman–Crippen MR) is 115 cm³/mol. The van der Waals surface area contributed by atoms with Crippen molar-refractivity contribution in [3.05, 3.63) is 48.3 Å². The van der Waals surface area contributed by atoms with Gasteiger partial charge in [0, 0.05) is 26.2 Å². The molecule has 3 aromatic rings. The first-order chi connectivity index (χ1) is 16.0. The molecule has 0 spiro atoms. The first-order valence-electron chi connectivity index (χ1n) is 10.8. The third kappa shape index (κ3) is 4.28. The number of aromatic nitrogens is 6. The molecule has 2 fully saturated rings. The number of carbonyl (C=O) groups excluding carboxylic acids is 2. The highest BCUT2D eigenvalue weighted by Gasteiger charge is 2.33. The lowest BCUT2D eigenvalue weighted by Gasteiger charge is -2.33. The first kappa shape index (κ1) is 21.0. The number of benzene rings is 1. The van der Waals surface area contributed by atoms with E-state index in [9.17, 15) is 9.59 Å². The molecular weight excluding hydrogens is 431 g/mol. The Balaban J connectivity index is 1.22. The summed E-state index contributed by atoms with van der Waals surface area (Å²) in [5.74, 6) is -0.509. The normalized spacial score (nSPS) is 19.2. The topological polar surface area (TPSA) is 111 Å². The molecule has 1 aromatic carbocycles. The zero-order valence-corrected chi connectivity index (χ0v) is 18.0. The Labute approximate surface area is 188 Å². The van der Waals surface area contributed by atoms with Crippen LogP contribution in [0.1, 0.15) is 36.3 Å². The summed E-state index contributed by atoms with van der Waals surface area (Å²) >= 11 is 0. The smallest absolute Gasteiger partial charge is 0.414 e. The third-order valence-corrected chi connectivity index (χ3v) is 6.03. The molecule has 172 valence electrons. The maximum Gasteiger partial charge on any atom is 0.414 e. The van der Waals surface area contributed by atoms with Gasteiger partial charge in [0.1, 0.15) is 17.6 Å². The number of Topliss-reactive ketones (excluding diaryl/α,β-unsaturated/α-hetero) is 1. The van der Waals surface area contributed by atoms with Gasteiger partial charge >= 0.3 is 6.09 Å². The van der Waals surface area contributed by atoms with Crippen molar-refractivity contribution in [3.63, 3.8) is 0 Å². The van der Waals surface area contributed by atoms with E-state index >= 15 is 4.39 Å². The quantitative estimate of drug-likeness (QED) is 0.521. The summed E-state index contributed by atoms with van der Waals surface area (Å²) in [6.45, 7) is 3.44. The van der Waals surface area contributed by atoms with Crippen LogP contribution in [-0.2, 0) is 11.3 Å². The van der Waals surface area contributed by atoms with Gasteiger partial charge in [-0.3, -0.25) is 9.69 Å². The summed E-state index contributed by atoms with van der Waals surface area (Å²) in [4.78, 5) is 27.2. The number of anilines is 2. The molecule has 0 unspecified atom stereocenters. The minimum atomic E-state index is -0.508. The van der Waals surface area contributed by atoms with Crippen molar-refractivity contribution >= 4 is 23.3 Å². The van der Waals surface area contributed by atoms with Gasteiger partial charge < -0.3 is 9.64 Å².